The van der Waals surface area contributed by atoms with E-state index in [0.717, 1.165) is 16.0 Å². The Morgan fingerprint density at radius 1 is 0.767 bits per heavy atom. The third-order valence-electron chi connectivity index (χ3n) is 3.26. The van der Waals surface area contributed by atoms with E-state index in [4.69, 9.17) is 5.11 Å². The van der Waals surface area contributed by atoms with E-state index in [1.165, 1.54) is 24.3 Å². The van der Waals surface area contributed by atoms with Gasteiger partial charge < -0.3 is 5.11 Å². The number of benzene rings is 2. The highest BCUT2D eigenvalue weighted by molar-refractivity contribution is 9.42. The molecule has 0 atom stereocenters. The smallest absolute Gasteiger partial charge is 0.241 e. The molecular formula is C15H9Br6NO5S3. The molecule has 0 bridgehead atoms. The topological polar surface area (TPSA) is 101 Å². The number of phenolic OH excluding ortho intramolecular Hbond substituents is 1. The van der Waals surface area contributed by atoms with Gasteiger partial charge in [0.1, 0.15) is 5.75 Å². The molecule has 3 aromatic rings. The summed E-state index contributed by atoms with van der Waals surface area (Å²) in [4.78, 5) is 4.19. The van der Waals surface area contributed by atoms with Crippen LogP contribution in [-0.4, -0.2) is 29.9 Å². The number of phenols is 1. The molecule has 1 N–H and O–H groups in total. The van der Waals surface area contributed by atoms with E-state index in [1.54, 1.807) is 6.07 Å². The van der Waals surface area contributed by atoms with Crippen LogP contribution < -0.4 is 0 Å². The standard InChI is InChI=1S/C8H4Br3NO2S2.C7H5Br3O3S/c9-8(10,11)16(13,14)7-12-5-3-1-2-4-6(5)15-7;8-7(9,10)14(12,13)6-3-1-5(11)2-4-6/h1-4H;1-4,11H. The van der Waals surface area contributed by atoms with Gasteiger partial charge in [-0.1, -0.05) is 12.1 Å². The van der Waals surface area contributed by atoms with Crippen LogP contribution in [0.4, 0.5) is 0 Å². The van der Waals surface area contributed by atoms with Gasteiger partial charge in [-0.2, -0.15) is 0 Å². The number of rotatable bonds is 2. The number of alkyl halides is 6. The highest BCUT2D eigenvalue weighted by atomic mass is 80.0. The van der Waals surface area contributed by atoms with Gasteiger partial charge >= 0.3 is 0 Å². The summed E-state index contributed by atoms with van der Waals surface area (Å²) in [6.45, 7) is 0. The summed E-state index contributed by atoms with van der Waals surface area (Å²) < 4.78 is 45.7. The zero-order chi connectivity index (χ0) is 23.0. The maximum atomic E-state index is 12.0. The normalized spacial score (nSPS) is 13.0. The van der Waals surface area contributed by atoms with Crippen molar-refractivity contribution in [3.63, 3.8) is 0 Å². The summed E-state index contributed by atoms with van der Waals surface area (Å²) in [7, 11) is -7.14. The number of halogens is 6. The molecule has 0 saturated carbocycles. The minimum Gasteiger partial charge on any atom is -0.508 e. The van der Waals surface area contributed by atoms with Crippen molar-refractivity contribution < 1.29 is 21.9 Å². The Morgan fingerprint density at radius 3 is 1.73 bits per heavy atom. The number of hydrogen-bond donors (Lipinski definition) is 1. The van der Waals surface area contributed by atoms with Crippen molar-refractivity contribution in [2.24, 2.45) is 0 Å². The summed E-state index contributed by atoms with van der Waals surface area (Å²) in [6, 6.07) is 12.6. The predicted octanol–water partition coefficient (Wildman–Crippen LogP) is 6.83. The molecule has 2 aromatic carbocycles. The molecule has 0 aliphatic rings. The SMILES string of the molecule is O=S(=O)(c1ccc(O)cc1)C(Br)(Br)Br.O=S(=O)(c1nc2ccccc2s1)C(Br)(Br)Br. The lowest BCUT2D eigenvalue weighted by atomic mass is 10.3. The average molecular weight is 859 g/mol. The van der Waals surface area contributed by atoms with Gasteiger partial charge in [0.2, 0.25) is 27.0 Å². The second-order valence-corrected chi connectivity index (χ2v) is 27.4. The molecular weight excluding hydrogens is 850 g/mol. The quantitative estimate of drug-likeness (QED) is 0.284. The molecule has 1 heterocycles. The van der Waals surface area contributed by atoms with Gasteiger partial charge in [0, 0.05) is 0 Å². The van der Waals surface area contributed by atoms with Gasteiger partial charge in [-0.3, -0.25) is 0 Å². The van der Waals surface area contributed by atoms with Crippen LogP contribution in [0.3, 0.4) is 0 Å². The van der Waals surface area contributed by atoms with E-state index in [-0.39, 0.29) is 15.0 Å². The van der Waals surface area contributed by atoms with Gasteiger partial charge in [0.15, 0.2) is 0 Å². The molecule has 164 valence electrons. The number of para-hydroxylation sites is 1. The van der Waals surface area contributed by atoms with Crippen LogP contribution in [0.25, 0.3) is 10.2 Å². The molecule has 0 fully saturated rings. The van der Waals surface area contributed by atoms with E-state index in [2.05, 4.69) is 101 Å². The molecule has 1 aromatic heterocycles. The molecule has 0 unspecified atom stereocenters. The van der Waals surface area contributed by atoms with Gasteiger partial charge in [-0.05, 0) is 132 Å². The van der Waals surface area contributed by atoms with Gasteiger partial charge in [-0.15, -0.1) is 11.3 Å². The number of hydrogen-bond acceptors (Lipinski definition) is 7. The first-order valence-electron chi connectivity index (χ1n) is 7.34. The Balaban J connectivity index is 0.000000216. The van der Waals surface area contributed by atoms with E-state index < -0.39 is 22.6 Å². The molecule has 0 radical (unpaired) electrons. The van der Waals surface area contributed by atoms with Crippen LogP contribution in [0.5, 0.6) is 5.75 Å². The average Bonchev–Trinajstić information content (AvgIpc) is 3.05. The number of fused-ring (bicyclic) bond motifs is 1. The van der Waals surface area contributed by atoms with Crippen molar-refractivity contribution in [1.29, 1.82) is 0 Å². The summed E-state index contributed by atoms with van der Waals surface area (Å²) >= 11 is 19.0. The van der Waals surface area contributed by atoms with Crippen LogP contribution in [-0.2, 0) is 19.7 Å². The molecule has 0 spiro atoms. The molecule has 30 heavy (non-hydrogen) atoms. The fourth-order valence-electron chi connectivity index (χ4n) is 1.82. The molecule has 0 aliphatic carbocycles. The Bertz CT molecular complexity index is 1210. The lowest BCUT2D eigenvalue weighted by Crippen LogP contribution is -2.17. The van der Waals surface area contributed by atoms with Crippen LogP contribution in [0.15, 0.2) is 57.8 Å². The Kier molecular flexibility index (Phi) is 9.08. The van der Waals surface area contributed by atoms with Crippen LogP contribution in [0, 0.1) is 0 Å². The monoisotopic (exact) mass is 852 g/mol. The first kappa shape index (κ1) is 27.2. The highest BCUT2D eigenvalue weighted by Gasteiger charge is 2.40. The summed E-state index contributed by atoms with van der Waals surface area (Å²) in [6.07, 6.45) is 0. The van der Waals surface area contributed by atoms with Crippen LogP contribution in [0.2, 0.25) is 0 Å². The predicted molar refractivity (Wildman–Crippen MR) is 141 cm³/mol. The van der Waals surface area contributed by atoms with Crippen molar-refractivity contribution in [3.8, 4) is 5.75 Å². The van der Waals surface area contributed by atoms with E-state index in [9.17, 15) is 16.8 Å². The zero-order valence-electron chi connectivity index (χ0n) is 14.1. The first-order chi connectivity index (χ1) is 13.6. The third-order valence-corrected chi connectivity index (χ3v) is 15.3. The number of nitrogens with zero attached hydrogens (tertiary/aromatic N) is 1. The Labute approximate surface area is 227 Å². The second-order valence-electron chi connectivity index (χ2n) is 5.34. The molecule has 3 rings (SSSR count). The second kappa shape index (κ2) is 10.0. The Hall–Kier alpha value is 0.910. The van der Waals surface area contributed by atoms with Crippen molar-refractivity contribution in [1.82, 2.24) is 4.98 Å². The minimum atomic E-state index is -3.58. The zero-order valence-corrected chi connectivity index (χ0v) is 26.1. The van der Waals surface area contributed by atoms with Gasteiger partial charge in [0.05, 0.1) is 15.1 Å². The highest BCUT2D eigenvalue weighted by Crippen LogP contribution is 2.45. The van der Waals surface area contributed by atoms with Crippen molar-refractivity contribution >= 4 is 137 Å². The molecule has 0 aliphatic heterocycles. The van der Waals surface area contributed by atoms with E-state index in [0.29, 0.717) is 5.52 Å². The van der Waals surface area contributed by atoms with E-state index in [1.807, 2.05) is 18.2 Å². The van der Waals surface area contributed by atoms with Gasteiger partial charge in [0.25, 0.3) is 0 Å². The fraction of sp³-hybridized carbons (Fsp3) is 0.133. The maximum absolute atomic E-state index is 12.0. The summed E-state index contributed by atoms with van der Waals surface area (Å²) in [5.41, 5.74) is 0.683. The van der Waals surface area contributed by atoms with Crippen molar-refractivity contribution in [2.75, 3.05) is 0 Å². The number of aromatic hydroxyl groups is 1. The van der Waals surface area contributed by atoms with Crippen molar-refractivity contribution in [3.05, 3.63) is 48.5 Å². The van der Waals surface area contributed by atoms with Crippen LogP contribution >= 0.6 is 107 Å². The van der Waals surface area contributed by atoms with E-state index >= 15 is 0 Å². The first-order valence-corrected chi connectivity index (χ1v) is 15.9. The molecule has 6 nitrogen and oxygen atoms in total. The molecule has 0 amide bonds. The summed E-state index contributed by atoms with van der Waals surface area (Å²) in [5.74, 6) is 0.0215. The van der Waals surface area contributed by atoms with Crippen molar-refractivity contribution in [2.45, 2.75) is 12.2 Å². The lowest BCUT2D eigenvalue weighted by Gasteiger charge is -2.13. The maximum Gasteiger partial charge on any atom is 0.241 e. The third kappa shape index (κ3) is 6.27. The fourth-order valence-corrected chi connectivity index (χ4v) is 8.81. The number of sulfone groups is 2. The minimum absolute atomic E-state index is 0.0215. The Morgan fingerprint density at radius 2 is 1.27 bits per heavy atom. The largest absolute Gasteiger partial charge is 0.508 e. The number of thiazole rings is 1. The summed E-state index contributed by atoms with van der Waals surface area (Å²) in [5, 5.41) is 9.00. The molecule has 15 heteroatoms. The van der Waals surface area contributed by atoms with Gasteiger partial charge in [-0.25, -0.2) is 21.8 Å². The number of aromatic nitrogens is 1. The lowest BCUT2D eigenvalue weighted by molar-refractivity contribution is 0.475. The molecule has 0 saturated heterocycles. The van der Waals surface area contributed by atoms with Crippen LogP contribution in [0.1, 0.15) is 0 Å².